The summed E-state index contributed by atoms with van der Waals surface area (Å²) >= 11 is 0. The Morgan fingerprint density at radius 1 is 0.531 bits per heavy atom. The molecule has 0 amide bonds. The van der Waals surface area contributed by atoms with E-state index in [1.807, 2.05) is 0 Å². The SMILES string of the molecule is CCCCCCCCCCCCCCCCCCCCCNC1CC(C)(C)NC(C)(C)C1. The molecule has 0 unspecified atom stereocenters. The minimum absolute atomic E-state index is 0.257. The first kappa shape index (κ1) is 30.0. The molecular formula is C30H62N2. The lowest BCUT2D eigenvalue weighted by Gasteiger charge is -2.46. The third-order valence-electron chi connectivity index (χ3n) is 7.40. The molecule has 0 aliphatic carbocycles. The Kier molecular flexibility index (Phi) is 17.1. The summed E-state index contributed by atoms with van der Waals surface area (Å²) in [5.74, 6) is 0. The minimum atomic E-state index is 0.257. The van der Waals surface area contributed by atoms with Crippen molar-refractivity contribution in [1.29, 1.82) is 0 Å². The number of unbranched alkanes of at least 4 members (excludes halogenated alkanes) is 18. The van der Waals surface area contributed by atoms with Crippen LogP contribution in [0.25, 0.3) is 0 Å². The standard InChI is InChI=1S/C30H62N2/c1-6-7-8-9-10-11-12-13-14-15-16-17-18-19-20-21-22-23-24-25-31-28-26-29(2,3)32-30(4,5)27-28/h28,31-32H,6-27H2,1-5H3. The van der Waals surface area contributed by atoms with Crippen LogP contribution in [0.15, 0.2) is 0 Å². The molecule has 32 heavy (non-hydrogen) atoms. The second kappa shape index (κ2) is 18.3. The van der Waals surface area contributed by atoms with Crippen molar-refractivity contribution in [2.45, 2.75) is 187 Å². The normalized spacial score (nSPS) is 18.3. The fourth-order valence-corrected chi connectivity index (χ4v) is 5.98. The molecule has 192 valence electrons. The van der Waals surface area contributed by atoms with E-state index in [0.29, 0.717) is 6.04 Å². The van der Waals surface area contributed by atoms with Crippen molar-refractivity contribution < 1.29 is 0 Å². The van der Waals surface area contributed by atoms with Gasteiger partial charge < -0.3 is 10.6 Å². The fraction of sp³-hybridized carbons (Fsp3) is 1.00. The van der Waals surface area contributed by atoms with Gasteiger partial charge in [-0.05, 0) is 53.5 Å². The highest BCUT2D eigenvalue weighted by Gasteiger charge is 2.37. The van der Waals surface area contributed by atoms with E-state index >= 15 is 0 Å². The van der Waals surface area contributed by atoms with E-state index in [1.165, 1.54) is 141 Å². The molecule has 0 aromatic heterocycles. The summed E-state index contributed by atoms with van der Waals surface area (Å²) in [6, 6.07) is 0.678. The first-order chi connectivity index (χ1) is 15.3. The Morgan fingerprint density at radius 2 is 0.844 bits per heavy atom. The molecule has 1 fully saturated rings. The summed E-state index contributed by atoms with van der Waals surface area (Å²) in [5.41, 5.74) is 0.514. The smallest absolute Gasteiger partial charge is 0.0144 e. The summed E-state index contributed by atoms with van der Waals surface area (Å²) in [6.07, 6.45) is 30.1. The summed E-state index contributed by atoms with van der Waals surface area (Å²) in [4.78, 5) is 0. The zero-order chi connectivity index (χ0) is 23.5. The lowest BCUT2D eigenvalue weighted by molar-refractivity contribution is 0.146. The minimum Gasteiger partial charge on any atom is -0.314 e. The van der Waals surface area contributed by atoms with Gasteiger partial charge in [-0.3, -0.25) is 0 Å². The van der Waals surface area contributed by atoms with Gasteiger partial charge in [-0.15, -0.1) is 0 Å². The monoisotopic (exact) mass is 450 g/mol. The molecule has 2 heteroatoms. The van der Waals surface area contributed by atoms with Crippen LogP contribution in [-0.4, -0.2) is 23.7 Å². The zero-order valence-corrected chi connectivity index (χ0v) is 23.1. The molecule has 2 nitrogen and oxygen atoms in total. The molecule has 1 aliphatic heterocycles. The van der Waals surface area contributed by atoms with Crippen LogP contribution >= 0.6 is 0 Å². The summed E-state index contributed by atoms with van der Waals surface area (Å²) in [6.45, 7) is 12.9. The van der Waals surface area contributed by atoms with Crippen LogP contribution in [0, 0.1) is 0 Å². The molecule has 0 aromatic carbocycles. The van der Waals surface area contributed by atoms with Crippen LogP contribution in [0.1, 0.15) is 169 Å². The first-order valence-corrected chi connectivity index (χ1v) is 14.9. The van der Waals surface area contributed by atoms with E-state index in [-0.39, 0.29) is 11.1 Å². The Bertz CT molecular complexity index is 399. The van der Waals surface area contributed by atoms with Crippen molar-refractivity contribution in [3.05, 3.63) is 0 Å². The van der Waals surface area contributed by atoms with Crippen LogP contribution < -0.4 is 10.6 Å². The third-order valence-corrected chi connectivity index (χ3v) is 7.40. The van der Waals surface area contributed by atoms with Crippen molar-refractivity contribution in [3.63, 3.8) is 0 Å². The lowest BCUT2D eigenvalue weighted by atomic mass is 9.79. The predicted octanol–water partition coefficient (Wildman–Crippen LogP) is 9.32. The highest BCUT2D eigenvalue weighted by molar-refractivity contribution is 4.99. The third kappa shape index (κ3) is 17.4. The van der Waals surface area contributed by atoms with E-state index in [1.54, 1.807) is 0 Å². The Labute approximate surface area is 203 Å². The van der Waals surface area contributed by atoms with Gasteiger partial charge in [0.1, 0.15) is 0 Å². The van der Waals surface area contributed by atoms with E-state index in [9.17, 15) is 0 Å². The van der Waals surface area contributed by atoms with E-state index in [0.717, 1.165) is 0 Å². The fourth-order valence-electron chi connectivity index (χ4n) is 5.98. The highest BCUT2D eigenvalue weighted by atomic mass is 15.1. The van der Waals surface area contributed by atoms with Gasteiger partial charge in [0.05, 0.1) is 0 Å². The second-order valence-corrected chi connectivity index (χ2v) is 12.3. The van der Waals surface area contributed by atoms with E-state index in [2.05, 4.69) is 45.3 Å². The molecule has 0 saturated carbocycles. The average Bonchev–Trinajstić information content (AvgIpc) is 2.70. The van der Waals surface area contributed by atoms with Gasteiger partial charge in [-0.1, -0.05) is 122 Å². The number of hydrogen-bond donors (Lipinski definition) is 2. The Balaban J connectivity index is 1.77. The van der Waals surface area contributed by atoms with Gasteiger partial charge >= 0.3 is 0 Å². The topological polar surface area (TPSA) is 24.1 Å². The van der Waals surface area contributed by atoms with Crippen molar-refractivity contribution in [2.75, 3.05) is 6.54 Å². The molecule has 1 aliphatic rings. The van der Waals surface area contributed by atoms with Crippen molar-refractivity contribution in [1.82, 2.24) is 10.6 Å². The van der Waals surface area contributed by atoms with Gasteiger partial charge in [-0.2, -0.15) is 0 Å². The molecule has 0 spiro atoms. The van der Waals surface area contributed by atoms with Crippen molar-refractivity contribution in [3.8, 4) is 0 Å². The van der Waals surface area contributed by atoms with Gasteiger partial charge in [0.25, 0.3) is 0 Å². The van der Waals surface area contributed by atoms with Crippen LogP contribution in [0.5, 0.6) is 0 Å². The molecule has 0 radical (unpaired) electrons. The summed E-state index contributed by atoms with van der Waals surface area (Å²) in [7, 11) is 0. The quantitative estimate of drug-likeness (QED) is 0.170. The van der Waals surface area contributed by atoms with E-state index < -0.39 is 0 Å². The van der Waals surface area contributed by atoms with Gasteiger partial charge in [0.15, 0.2) is 0 Å². The average molecular weight is 451 g/mol. The van der Waals surface area contributed by atoms with Gasteiger partial charge in [-0.25, -0.2) is 0 Å². The summed E-state index contributed by atoms with van der Waals surface area (Å²) in [5, 5.41) is 7.63. The number of hydrogen-bond acceptors (Lipinski definition) is 2. The van der Waals surface area contributed by atoms with Crippen LogP contribution in [0.4, 0.5) is 0 Å². The lowest BCUT2D eigenvalue weighted by Crippen LogP contribution is -2.61. The molecule has 1 rings (SSSR count). The first-order valence-electron chi connectivity index (χ1n) is 14.9. The van der Waals surface area contributed by atoms with Crippen molar-refractivity contribution >= 4 is 0 Å². The predicted molar refractivity (Wildman–Crippen MR) is 146 cm³/mol. The van der Waals surface area contributed by atoms with Crippen LogP contribution in [0.2, 0.25) is 0 Å². The number of rotatable bonds is 21. The van der Waals surface area contributed by atoms with Gasteiger partial charge in [0.2, 0.25) is 0 Å². The van der Waals surface area contributed by atoms with Crippen LogP contribution in [-0.2, 0) is 0 Å². The van der Waals surface area contributed by atoms with Gasteiger partial charge in [0, 0.05) is 17.1 Å². The zero-order valence-electron chi connectivity index (χ0n) is 23.1. The molecule has 0 bridgehead atoms. The molecule has 0 aromatic rings. The Hall–Kier alpha value is -0.0800. The number of piperidine rings is 1. The maximum absolute atomic E-state index is 3.85. The van der Waals surface area contributed by atoms with Crippen LogP contribution in [0.3, 0.4) is 0 Å². The summed E-state index contributed by atoms with van der Waals surface area (Å²) < 4.78 is 0. The van der Waals surface area contributed by atoms with Crippen molar-refractivity contribution in [2.24, 2.45) is 0 Å². The molecule has 2 N–H and O–H groups in total. The molecule has 1 heterocycles. The maximum Gasteiger partial charge on any atom is 0.0144 e. The molecule has 1 saturated heterocycles. The maximum atomic E-state index is 3.85. The number of nitrogens with one attached hydrogen (secondary N) is 2. The second-order valence-electron chi connectivity index (χ2n) is 12.3. The van der Waals surface area contributed by atoms with E-state index in [4.69, 9.17) is 0 Å². The Morgan fingerprint density at radius 3 is 1.19 bits per heavy atom. The largest absolute Gasteiger partial charge is 0.314 e. The highest BCUT2D eigenvalue weighted by Crippen LogP contribution is 2.28. The molecular weight excluding hydrogens is 388 g/mol. The molecule has 0 atom stereocenters.